The lowest BCUT2D eigenvalue weighted by molar-refractivity contribution is -0.385. The molecule has 0 aliphatic rings. The number of hydrogen-bond acceptors (Lipinski definition) is 7. The lowest BCUT2D eigenvalue weighted by atomic mass is 10.2. The third-order valence-corrected chi connectivity index (χ3v) is 3.32. The van der Waals surface area contributed by atoms with Crippen LogP contribution in [0.25, 0.3) is 0 Å². The average molecular weight is 323 g/mol. The Balaban J connectivity index is 2.17. The molecule has 2 aromatic rings. The number of anilines is 1. The number of pyridine rings is 1. The molecule has 2 rings (SSSR count). The first kappa shape index (κ1) is 15.8. The Bertz CT molecular complexity index is 671. The molecule has 1 atom stereocenters. The van der Waals surface area contributed by atoms with Gasteiger partial charge in [0.1, 0.15) is 23.5 Å². The molecule has 1 unspecified atom stereocenters. The monoisotopic (exact) mass is 323 g/mol. The van der Waals surface area contributed by atoms with Gasteiger partial charge in [-0.2, -0.15) is 11.8 Å². The highest BCUT2D eigenvalue weighted by Crippen LogP contribution is 2.23. The van der Waals surface area contributed by atoms with Gasteiger partial charge in [-0.1, -0.05) is 0 Å². The summed E-state index contributed by atoms with van der Waals surface area (Å²) in [7, 11) is 0. The van der Waals surface area contributed by atoms with E-state index >= 15 is 0 Å². The standard InChI is InChI=1S/C13H13N3O5S/c1-22-7-9-3-4-10(21-9)12(13(17)18)15-11-5-2-8(6-14-11)16(19)20/h2-6,12H,7H2,1H3,(H,14,15)(H,17,18). The van der Waals surface area contributed by atoms with E-state index in [2.05, 4.69) is 10.3 Å². The number of rotatable bonds is 7. The maximum Gasteiger partial charge on any atom is 0.334 e. The molecule has 8 nitrogen and oxygen atoms in total. The van der Waals surface area contributed by atoms with Crippen LogP contribution in [0.2, 0.25) is 0 Å². The number of nitro groups is 1. The van der Waals surface area contributed by atoms with Crippen LogP contribution >= 0.6 is 11.8 Å². The molecule has 9 heteroatoms. The fourth-order valence-electron chi connectivity index (χ4n) is 1.75. The Kier molecular flexibility index (Phi) is 4.99. The van der Waals surface area contributed by atoms with E-state index in [-0.39, 0.29) is 17.3 Å². The van der Waals surface area contributed by atoms with Gasteiger partial charge in [0, 0.05) is 6.07 Å². The minimum absolute atomic E-state index is 0.169. The van der Waals surface area contributed by atoms with Crippen molar-refractivity contribution >= 4 is 29.2 Å². The molecule has 22 heavy (non-hydrogen) atoms. The quantitative estimate of drug-likeness (QED) is 0.589. The van der Waals surface area contributed by atoms with Gasteiger partial charge in [0.25, 0.3) is 5.69 Å². The van der Waals surface area contributed by atoms with E-state index in [1.54, 1.807) is 23.9 Å². The molecular weight excluding hydrogens is 310 g/mol. The van der Waals surface area contributed by atoms with E-state index in [0.29, 0.717) is 11.5 Å². The van der Waals surface area contributed by atoms with Crippen molar-refractivity contribution in [1.29, 1.82) is 0 Å². The topological polar surface area (TPSA) is 118 Å². The smallest absolute Gasteiger partial charge is 0.334 e. The number of aliphatic carboxylic acids is 1. The normalized spacial score (nSPS) is 11.9. The van der Waals surface area contributed by atoms with Crippen LogP contribution in [0.3, 0.4) is 0 Å². The van der Waals surface area contributed by atoms with Crippen molar-refractivity contribution < 1.29 is 19.2 Å². The third-order valence-electron chi connectivity index (χ3n) is 2.75. The summed E-state index contributed by atoms with van der Waals surface area (Å²) in [5.74, 6) is 0.636. The number of carboxylic acid groups (broad SMARTS) is 1. The molecule has 2 heterocycles. The first-order valence-corrected chi connectivity index (χ1v) is 7.58. The number of carbonyl (C=O) groups is 1. The van der Waals surface area contributed by atoms with Crippen LogP contribution in [0.4, 0.5) is 11.5 Å². The molecule has 2 aromatic heterocycles. The maximum atomic E-state index is 11.4. The Morgan fingerprint density at radius 1 is 1.50 bits per heavy atom. The van der Waals surface area contributed by atoms with Crippen LogP contribution in [0.5, 0.6) is 0 Å². The Morgan fingerprint density at radius 2 is 2.27 bits per heavy atom. The summed E-state index contributed by atoms with van der Waals surface area (Å²) in [6, 6.07) is 4.77. The molecule has 0 bridgehead atoms. The van der Waals surface area contributed by atoms with Crippen molar-refractivity contribution in [3.63, 3.8) is 0 Å². The molecule has 0 saturated heterocycles. The van der Waals surface area contributed by atoms with Crippen LogP contribution < -0.4 is 5.32 Å². The van der Waals surface area contributed by atoms with Gasteiger partial charge in [0.05, 0.1) is 10.7 Å². The zero-order valence-corrected chi connectivity index (χ0v) is 12.4. The molecule has 0 spiro atoms. The predicted molar refractivity (Wildman–Crippen MR) is 80.8 cm³/mol. The minimum Gasteiger partial charge on any atom is -0.479 e. The Morgan fingerprint density at radius 3 is 2.82 bits per heavy atom. The number of furan rings is 1. The fraction of sp³-hybridized carbons (Fsp3) is 0.231. The maximum absolute atomic E-state index is 11.4. The number of carboxylic acids is 1. The van der Waals surface area contributed by atoms with E-state index in [0.717, 1.165) is 6.20 Å². The van der Waals surface area contributed by atoms with Gasteiger partial charge in [-0.05, 0) is 24.5 Å². The van der Waals surface area contributed by atoms with Gasteiger partial charge < -0.3 is 14.8 Å². The van der Waals surface area contributed by atoms with Gasteiger partial charge >= 0.3 is 5.97 Å². The van der Waals surface area contributed by atoms with Gasteiger partial charge in [0.15, 0.2) is 6.04 Å². The molecule has 0 aromatic carbocycles. The molecule has 116 valence electrons. The van der Waals surface area contributed by atoms with Crippen molar-refractivity contribution in [2.75, 3.05) is 11.6 Å². The molecule has 0 aliphatic heterocycles. The average Bonchev–Trinajstić information content (AvgIpc) is 2.93. The summed E-state index contributed by atoms with van der Waals surface area (Å²) in [5.41, 5.74) is -0.169. The first-order valence-electron chi connectivity index (χ1n) is 6.18. The Labute approximate surface area is 129 Å². The number of nitrogens with one attached hydrogen (secondary N) is 1. The predicted octanol–water partition coefficient (Wildman–Crippen LogP) is 2.68. The van der Waals surface area contributed by atoms with Gasteiger partial charge in [-0.3, -0.25) is 10.1 Å². The second kappa shape index (κ2) is 6.94. The van der Waals surface area contributed by atoms with E-state index in [1.807, 2.05) is 6.26 Å². The summed E-state index contributed by atoms with van der Waals surface area (Å²) in [6.07, 6.45) is 2.97. The Hall–Kier alpha value is -2.55. The van der Waals surface area contributed by atoms with E-state index < -0.39 is 16.9 Å². The highest BCUT2D eigenvalue weighted by Gasteiger charge is 2.24. The highest BCUT2D eigenvalue weighted by molar-refractivity contribution is 7.97. The molecule has 0 aliphatic carbocycles. The third kappa shape index (κ3) is 3.76. The van der Waals surface area contributed by atoms with Crippen LogP contribution in [-0.4, -0.2) is 27.2 Å². The van der Waals surface area contributed by atoms with Gasteiger partial charge in [0.2, 0.25) is 0 Å². The molecule has 0 radical (unpaired) electrons. The lowest BCUT2D eigenvalue weighted by Gasteiger charge is -2.12. The van der Waals surface area contributed by atoms with Crippen LogP contribution in [0.15, 0.2) is 34.9 Å². The lowest BCUT2D eigenvalue weighted by Crippen LogP contribution is -2.20. The first-order chi connectivity index (χ1) is 10.5. The van der Waals surface area contributed by atoms with Crippen molar-refractivity contribution in [2.24, 2.45) is 0 Å². The summed E-state index contributed by atoms with van der Waals surface area (Å²) >= 11 is 1.56. The fourth-order valence-corrected chi connectivity index (χ4v) is 2.19. The number of hydrogen-bond donors (Lipinski definition) is 2. The van der Waals surface area contributed by atoms with Crippen LogP contribution in [0, 0.1) is 10.1 Å². The molecule has 0 amide bonds. The summed E-state index contributed by atoms with van der Waals surface area (Å²) in [4.78, 5) is 25.2. The largest absolute Gasteiger partial charge is 0.479 e. The number of thioether (sulfide) groups is 1. The van der Waals surface area contributed by atoms with Gasteiger partial charge in [-0.25, -0.2) is 9.78 Å². The number of nitrogens with zero attached hydrogens (tertiary/aromatic N) is 2. The van der Waals surface area contributed by atoms with E-state index in [9.17, 15) is 20.0 Å². The van der Waals surface area contributed by atoms with Crippen LogP contribution in [0.1, 0.15) is 17.6 Å². The van der Waals surface area contributed by atoms with E-state index in [4.69, 9.17) is 4.42 Å². The summed E-state index contributed by atoms with van der Waals surface area (Å²) in [5, 5.41) is 22.6. The molecule has 0 saturated carbocycles. The molecule has 2 N–H and O–H groups in total. The SMILES string of the molecule is CSCc1ccc(C(Nc2ccc([N+](=O)[O-])cn2)C(=O)O)o1. The molecule has 0 fully saturated rings. The van der Waals surface area contributed by atoms with E-state index in [1.165, 1.54) is 12.1 Å². The van der Waals surface area contributed by atoms with Crippen LogP contribution in [-0.2, 0) is 10.5 Å². The summed E-state index contributed by atoms with van der Waals surface area (Å²) in [6.45, 7) is 0. The van der Waals surface area contributed by atoms with Crippen molar-refractivity contribution in [1.82, 2.24) is 4.98 Å². The minimum atomic E-state index is -1.13. The van der Waals surface area contributed by atoms with Crippen molar-refractivity contribution in [2.45, 2.75) is 11.8 Å². The van der Waals surface area contributed by atoms with Crippen molar-refractivity contribution in [3.8, 4) is 0 Å². The van der Waals surface area contributed by atoms with Gasteiger partial charge in [-0.15, -0.1) is 0 Å². The molecular formula is C13H13N3O5S. The summed E-state index contributed by atoms with van der Waals surface area (Å²) < 4.78 is 5.48. The zero-order chi connectivity index (χ0) is 16.1. The second-order valence-electron chi connectivity index (χ2n) is 4.31. The number of aromatic nitrogens is 1. The zero-order valence-electron chi connectivity index (χ0n) is 11.6. The second-order valence-corrected chi connectivity index (χ2v) is 5.18. The van der Waals surface area contributed by atoms with Crippen molar-refractivity contribution in [3.05, 3.63) is 52.1 Å². The highest BCUT2D eigenvalue weighted by atomic mass is 32.2.